The Hall–Kier alpha value is -5.13. The topological polar surface area (TPSA) is 206 Å². The van der Waals surface area contributed by atoms with Gasteiger partial charge in [-0.3, -0.25) is 0 Å². The van der Waals surface area contributed by atoms with Crippen LogP contribution in [0.5, 0.6) is 17.2 Å². The predicted octanol–water partition coefficient (Wildman–Crippen LogP) is 3.89. The molecule has 0 saturated heterocycles. The van der Waals surface area contributed by atoms with Crippen LogP contribution in [0.1, 0.15) is 44.9 Å². The summed E-state index contributed by atoms with van der Waals surface area (Å²) >= 11 is 0. The fourth-order valence-electron chi connectivity index (χ4n) is 2.97. The van der Waals surface area contributed by atoms with Gasteiger partial charge in [0.15, 0.2) is 0 Å². The second kappa shape index (κ2) is 15.2. The summed E-state index contributed by atoms with van der Waals surface area (Å²) in [4.78, 5) is 33.7. The first-order valence-electron chi connectivity index (χ1n) is 11.6. The van der Waals surface area contributed by atoms with E-state index in [-0.39, 0.29) is 22.4 Å². The number of carboxylic acid groups (broad SMARTS) is 3. The number of nitrogen functional groups attached to an aromatic ring is 2. The Bertz CT molecular complexity index is 1290. The Morgan fingerprint density at radius 3 is 1.67 bits per heavy atom. The van der Waals surface area contributed by atoms with Gasteiger partial charge in [-0.15, -0.1) is 0 Å². The zero-order chi connectivity index (χ0) is 29.7. The van der Waals surface area contributed by atoms with E-state index in [4.69, 9.17) is 36.3 Å². The van der Waals surface area contributed by atoms with E-state index in [1.165, 1.54) is 36.4 Å². The molecule has 0 heterocycles. The van der Waals surface area contributed by atoms with Crippen LogP contribution in [-0.4, -0.2) is 65.6 Å². The normalized spacial score (nSPS) is 9.64. The van der Waals surface area contributed by atoms with E-state index < -0.39 is 17.9 Å². The lowest BCUT2D eigenvalue weighted by atomic mass is 10.2. The van der Waals surface area contributed by atoms with Crippen LogP contribution in [0, 0.1) is 0 Å². The Balaban J connectivity index is 0.000000292. The zero-order valence-corrected chi connectivity index (χ0v) is 22.0. The summed E-state index contributed by atoms with van der Waals surface area (Å²) in [6.45, 7) is 4.44. The van der Waals surface area contributed by atoms with Gasteiger partial charge in [0.1, 0.15) is 33.9 Å². The molecular formula is C27H33N3O9. The summed E-state index contributed by atoms with van der Waals surface area (Å²) in [5.74, 6) is -2.71. The minimum absolute atomic E-state index is 0.0781. The van der Waals surface area contributed by atoms with Gasteiger partial charge in [0, 0.05) is 43.3 Å². The van der Waals surface area contributed by atoms with Crippen molar-refractivity contribution in [1.29, 1.82) is 0 Å². The van der Waals surface area contributed by atoms with Crippen LogP contribution in [-0.2, 0) is 0 Å². The minimum Gasteiger partial charge on any atom is -0.507 e. The second-order valence-electron chi connectivity index (χ2n) is 7.89. The number of benzene rings is 3. The summed E-state index contributed by atoms with van der Waals surface area (Å²) in [5, 5.41) is 35.5. The predicted molar refractivity (Wildman–Crippen MR) is 147 cm³/mol. The van der Waals surface area contributed by atoms with E-state index >= 15 is 0 Å². The first-order valence-corrected chi connectivity index (χ1v) is 11.6. The van der Waals surface area contributed by atoms with Crippen LogP contribution in [0.25, 0.3) is 0 Å². The molecule has 0 spiro atoms. The molecule has 12 nitrogen and oxygen atoms in total. The van der Waals surface area contributed by atoms with Crippen molar-refractivity contribution < 1.29 is 44.3 Å². The number of carbonyl (C=O) groups is 3. The molecule has 0 aliphatic rings. The molecule has 0 saturated carbocycles. The maximum atomic E-state index is 10.7. The number of nitrogens with zero attached hydrogens (tertiary/aromatic N) is 1. The van der Waals surface area contributed by atoms with E-state index in [0.29, 0.717) is 36.1 Å². The van der Waals surface area contributed by atoms with Crippen LogP contribution < -0.4 is 25.8 Å². The smallest absolute Gasteiger partial charge is 0.339 e. The lowest BCUT2D eigenvalue weighted by Gasteiger charge is -2.12. The van der Waals surface area contributed by atoms with Crippen LogP contribution in [0.2, 0.25) is 0 Å². The van der Waals surface area contributed by atoms with Crippen LogP contribution in [0.4, 0.5) is 17.1 Å². The highest BCUT2D eigenvalue weighted by Crippen LogP contribution is 2.24. The number of aromatic hydroxyl groups is 1. The molecule has 8 N–H and O–H groups in total. The molecule has 0 unspecified atom stereocenters. The lowest BCUT2D eigenvalue weighted by Crippen LogP contribution is -2.09. The summed E-state index contributed by atoms with van der Waals surface area (Å²) < 4.78 is 10.2. The van der Waals surface area contributed by atoms with Crippen molar-refractivity contribution in [2.24, 2.45) is 0 Å². The minimum atomic E-state index is -1.12. The SMILES string of the molecule is CCOc1cc(N)ccc1C(=O)O.CCOc1ccc(N)cc1C(=O)O.CN(C)c1ccc(C(=O)O)c(O)c1. The summed E-state index contributed by atoms with van der Waals surface area (Å²) in [5.41, 5.74) is 12.8. The van der Waals surface area contributed by atoms with E-state index in [1.807, 2.05) is 14.1 Å². The van der Waals surface area contributed by atoms with E-state index in [9.17, 15) is 19.5 Å². The number of aromatic carboxylic acids is 3. The molecule has 0 aliphatic carbocycles. The van der Waals surface area contributed by atoms with Gasteiger partial charge in [-0.2, -0.15) is 0 Å². The average molecular weight is 544 g/mol. The van der Waals surface area contributed by atoms with Crippen LogP contribution in [0.15, 0.2) is 54.6 Å². The number of ether oxygens (including phenoxy) is 2. The fourth-order valence-corrected chi connectivity index (χ4v) is 2.97. The third-order valence-electron chi connectivity index (χ3n) is 4.80. The number of phenols is 1. The highest BCUT2D eigenvalue weighted by Gasteiger charge is 2.12. The first-order chi connectivity index (χ1) is 18.3. The maximum Gasteiger partial charge on any atom is 0.339 e. The van der Waals surface area contributed by atoms with Crippen molar-refractivity contribution in [2.45, 2.75) is 13.8 Å². The van der Waals surface area contributed by atoms with Crippen molar-refractivity contribution in [2.75, 3.05) is 43.7 Å². The number of rotatable bonds is 8. The zero-order valence-electron chi connectivity index (χ0n) is 22.0. The van der Waals surface area contributed by atoms with E-state index in [1.54, 1.807) is 36.9 Å². The molecule has 3 aromatic rings. The highest BCUT2D eigenvalue weighted by molar-refractivity contribution is 5.92. The molecule has 0 radical (unpaired) electrons. The number of nitrogens with two attached hydrogens (primary N) is 2. The van der Waals surface area contributed by atoms with Crippen LogP contribution in [0.3, 0.4) is 0 Å². The largest absolute Gasteiger partial charge is 0.507 e. The molecule has 210 valence electrons. The van der Waals surface area contributed by atoms with Gasteiger partial charge in [0.25, 0.3) is 0 Å². The number of anilines is 3. The number of hydrogen-bond acceptors (Lipinski definition) is 9. The highest BCUT2D eigenvalue weighted by atomic mass is 16.5. The molecule has 3 rings (SSSR count). The number of hydrogen-bond donors (Lipinski definition) is 6. The summed E-state index contributed by atoms with van der Waals surface area (Å²) in [6, 6.07) is 13.5. The monoisotopic (exact) mass is 543 g/mol. The van der Waals surface area contributed by atoms with E-state index in [0.717, 1.165) is 5.69 Å². The molecule has 3 aromatic carbocycles. The molecule has 12 heteroatoms. The fraction of sp³-hybridized carbons (Fsp3) is 0.222. The van der Waals surface area contributed by atoms with Crippen molar-refractivity contribution >= 4 is 35.0 Å². The van der Waals surface area contributed by atoms with Crippen LogP contribution >= 0.6 is 0 Å². The van der Waals surface area contributed by atoms with Gasteiger partial charge >= 0.3 is 17.9 Å². The standard InChI is InChI=1S/3C9H11NO3/c1-10(2)6-3-4-7(9(12)13)8(11)5-6;1-2-13-8-4-3-6(10)5-7(8)9(11)12;1-2-13-8-5-6(10)3-4-7(8)9(11)12/h3-5,11H,1-2H3,(H,12,13);2*3-5H,2,10H2,1H3,(H,11,12). The van der Waals surface area contributed by atoms with Gasteiger partial charge in [-0.05, 0) is 56.3 Å². The van der Waals surface area contributed by atoms with Crippen molar-refractivity contribution in [3.63, 3.8) is 0 Å². The average Bonchev–Trinajstić information content (AvgIpc) is 2.85. The number of carboxylic acids is 3. The van der Waals surface area contributed by atoms with Crippen molar-refractivity contribution in [1.82, 2.24) is 0 Å². The second-order valence-corrected chi connectivity index (χ2v) is 7.89. The van der Waals surface area contributed by atoms with Gasteiger partial charge in [0.2, 0.25) is 0 Å². The molecule has 0 bridgehead atoms. The Morgan fingerprint density at radius 2 is 1.18 bits per heavy atom. The van der Waals surface area contributed by atoms with Gasteiger partial charge in [-0.1, -0.05) is 0 Å². The Morgan fingerprint density at radius 1 is 0.692 bits per heavy atom. The van der Waals surface area contributed by atoms with Crippen molar-refractivity contribution in [3.05, 3.63) is 71.3 Å². The molecule has 0 aromatic heterocycles. The lowest BCUT2D eigenvalue weighted by molar-refractivity contribution is 0.0681. The van der Waals surface area contributed by atoms with Gasteiger partial charge in [-0.25, -0.2) is 14.4 Å². The summed E-state index contributed by atoms with van der Waals surface area (Å²) in [6.07, 6.45) is 0. The summed E-state index contributed by atoms with van der Waals surface area (Å²) in [7, 11) is 3.63. The third kappa shape index (κ3) is 10.0. The quantitative estimate of drug-likeness (QED) is 0.224. The third-order valence-corrected chi connectivity index (χ3v) is 4.80. The molecule has 39 heavy (non-hydrogen) atoms. The molecule has 0 fully saturated rings. The molecule has 0 amide bonds. The first kappa shape index (κ1) is 31.9. The van der Waals surface area contributed by atoms with Gasteiger partial charge < -0.3 is 46.3 Å². The molecule has 0 atom stereocenters. The molecule has 0 aliphatic heterocycles. The van der Waals surface area contributed by atoms with Gasteiger partial charge in [0.05, 0.1) is 13.2 Å². The van der Waals surface area contributed by atoms with Crippen molar-refractivity contribution in [3.8, 4) is 17.2 Å². The Labute approximate surface area is 225 Å². The van der Waals surface area contributed by atoms with E-state index in [2.05, 4.69) is 0 Å². The Kier molecular flexibility index (Phi) is 12.4. The molecular weight excluding hydrogens is 510 g/mol. The maximum absolute atomic E-state index is 10.7.